The van der Waals surface area contributed by atoms with Gasteiger partial charge in [-0.3, -0.25) is 43.2 Å². The number of carbonyl (C=O) groups is 9. The number of aliphatic hydroxyl groups excluding tert-OH is 9. The van der Waals surface area contributed by atoms with E-state index >= 15 is 0 Å². The third-order valence-electron chi connectivity index (χ3n) is 16.1. The SMILES string of the molecule is CC(=O)NC1[C@H](OCCCCC(=O)NCCCNC(=O)CCOCC(COCCC(=O)NCCCNC(=O)CCCCO[C@@H]2OC(CO)[C@H](O)[C@H](O)C2NC(C)=O)(COCCC(=O)NCCCNC(=O)CCCCO[C@@H]2OC(CO)[C@H](O)C(O)[C@@H]2NC(C)=O)NC(C)C)OC(CO)[C@H](O)[C@@H]1O. The van der Waals surface area contributed by atoms with Crippen molar-refractivity contribution in [3.8, 4) is 0 Å². The predicted molar refractivity (Wildman–Crippen MR) is 355 cm³/mol. The molecule has 6 unspecified atom stereocenters. The molecule has 37 heteroatoms. The van der Waals surface area contributed by atoms with Crippen LogP contribution in [0.1, 0.15) is 131 Å². The van der Waals surface area contributed by atoms with E-state index in [0.29, 0.717) is 57.8 Å². The van der Waals surface area contributed by atoms with E-state index in [4.69, 9.17) is 42.6 Å². The lowest BCUT2D eigenvalue weighted by Gasteiger charge is -2.42. The summed E-state index contributed by atoms with van der Waals surface area (Å²) in [4.78, 5) is 111. The summed E-state index contributed by atoms with van der Waals surface area (Å²) in [7, 11) is 0. The van der Waals surface area contributed by atoms with Crippen molar-refractivity contribution in [3.05, 3.63) is 0 Å². The predicted octanol–water partition coefficient (Wildman–Crippen LogP) is -6.80. The summed E-state index contributed by atoms with van der Waals surface area (Å²) in [5.41, 5.74) is -1.02. The van der Waals surface area contributed by atoms with E-state index in [1.54, 1.807) is 0 Å². The van der Waals surface area contributed by atoms with E-state index in [-0.39, 0.29) is 179 Å². The second-order valence-corrected chi connectivity index (χ2v) is 25.4. The molecule has 15 atom stereocenters. The minimum atomic E-state index is -1.44. The summed E-state index contributed by atoms with van der Waals surface area (Å²) >= 11 is 0. The van der Waals surface area contributed by atoms with Crippen molar-refractivity contribution in [1.82, 2.24) is 53.2 Å². The second-order valence-electron chi connectivity index (χ2n) is 25.4. The molecule has 9 amide bonds. The molecule has 101 heavy (non-hydrogen) atoms. The lowest BCUT2D eigenvalue weighted by Crippen LogP contribution is -2.64. The zero-order chi connectivity index (χ0) is 74.7. The number of aliphatic hydroxyl groups is 9. The second kappa shape index (κ2) is 50.8. The molecule has 0 saturated carbocycles. The molecule has 0 aromatic carbocycles. The zero-order valence-corrected chi connectivity index (χ0v) is 58.9. The van der Waals surface area contributed by atoms with Gasteiger partial charge >= 0.3 is 0 Å². The highest BCUT2D eigenvalue weighted by atomic mass is 16.7. The Hall–Kier alpha value is -5.53. The van der Waals surface area contributed by atoms with Crippen LogP contribution in [-0.4, -0.2) is 321 Å². The van der Waals surface area contributed by atoms with Crippen LogP contribution in [0.25, 0.3) is 0 Å². The number of hydrogen-bond acceptors (Lipinski definition) is 28. The van der Waals surface area contributed by atoms with E-state index in [9.17, 15) is 89.1 Å². The average molecular weight is 1460 g/mol. The molecular weight excluding hydrogens is 1340 g/mol. The van der Waals surface area contributed by atoms with Gasteiger partial charge in [0.2, 0.25) is 53.2 Å². The van der Waals surface area contributed by atoms with E-state index in [0.717, 1.165) is 0 Å². The Balaban J connectivity index is 1.40. The minimum absolute atomic E-state index is 0.00518. The Morgan fingerprint density at radius 2 is 0.604 bits per heavy atom. The quantitative estimate of drug-likeness (QED) is 0.0252. The maximum Gasteiger partial charge on any atom is 0.222 e. The minimum Gasteiger partial charge on any atom is -0.394 e. The van der Waals surface area contributed by atoms with Crippen LogP contribution in [0.5, 0.6) is 0 Å². The first-order chi connectivity index (χ1) is 48.2. The van der Waals surface area contributed by atoms with Gasteiger partial charge in [-0.2, -0.15) is 0 Å². The largest absolute Gasteiger partial charge is 0.394 e. The van der Waals surface area contributed by atoms with E-state index in [2.05, 4.69) is 53.2 Å². The van der Waals surface area contributed by atoms with Crippen LogP contribution >= 0.6 is 0 Å². The van der Waals surface area contributed by atoms with Crippen molar-refractivity contribution >= 4 is 53.2 Å². The number of rotatable bonds is 53. The maximum absolute atomic E-state index is 12.9. The first-order valence-corrected chi connectivity index (χ1v) is 34.9. The van der Waals surface area contributed by atoms with Crippen molar-refractivity contribution in [3.63, 3.8) is 0 Å². The lowest BCUT2D eigenvalue weighted by atomic mass is 9.97. The van der Waals surface area contributed by atoms with Gasteiger partial charge in [0.05, 0.1) is 65.0 Å². The summed E-state index contributed by atoms with van der Waals surface area (Å²) in [6, 6.07) is -3.36. The molecule has 0 aromatic rings. The molecule has 0 bridgehead atoms. The molecule has 0 radical (unpaired) electrons. The van der Waals surface area contributed by atoms with Crippen molar-refractivity contribution in [2.24, 2.45) is 0 Å². The van der Waals surface area contributed by atoms with Crippen LogP contribution in [0.4, 0.5) is 0 Å². The summed E-state index contributed by atoms with van der Waals surface area (Å²) in [6.07, 6.45) is -11.0. The van der Waals surface area contributed by atoms with Crippen LogP contribution in [0.15, 0.2) is 0 Å². The number of hydrogen-bond donors (Lipinski definition) is 19. The van der Waals surface area contributed by atoms with Gasteiger partial charge in [-0.05, 0) is 57.8 Å². The van der Waals surface area contributed by atoms with Crippen LogP contribution in [-0.2, 0) is 85.8 Å². The average Bonchev–Trinajstić information content (AvgIpc) is 0.826. The maximum atomic E-state index is 12.9. The molecule has 37 nitrogen and oxygen atoms in total. The lowest BCUT2D eigenvalue weighted by molar-refractivity contribution is -0.270. The van der Waals surface area contributed by atoms with Gasteiger partial charge in [0, 0.05) is 124 Å². The van der Waals surface area contributed by atoms with Gasteiger partial charge in [0.15, 0.2) is 18.9 Å². The number of amides is 9. The summed E-state index contributed by atoms with van der Waals surface area (Å²) in [5.74, 6) is -3.01. The van der Waals surface area contributed by atoms with Gasteiger partial charge in [0.25, 0.3) is 0 Å². The molecule has 3 heterocycles. The molecule has 3 aliphatic heterocycles. The van der Waals surface area contributed by atoms with Crippen LogP contribution in [0, 0.1) is 0 Å². The first kappa shape index (κ1) is 89.7. The summed E-state index contributed by atoms with van der Waals surface area (Å²) < 4.78 is 51.9. The molecule has 3 saturated heterocycles. The molecule has 3 fully saturated rings. The Kier molecular flexibility index (Phi) is 45.1. The van der Waals surface area contributed by atoms with E-state index < -0.39 is 135 Å². The molecule has 3 rings (SSSR count). The van der Waals surface area contributed by atoms with Crippen molar-refractivity contribution < 1.29 is 132 Å². The Labute approximate surface area is 589 Å². The standard InChI is InChI=1S/C64H116N10O27/c1-39(2)74-64(36-93-30-18-49(84)68-24-12-21-65-46(81)15-6-9-27-96-61-52(71-40(3)78)58(90)55(87)43(33-75)99-61,37-94-31-19-50(85)69-25-13-22-66-47(82)16-7-10-28-97-62-53(72-41(4)79)59(91)56(88)44(34-76)100-62)38-95-32-20-51(86)70-26-14-23-67-48(83)17-8-11-29-98-63-54(73-42(5)80)60(92)57(89)45(35-77)101-63/h39,43-45,52-63,74-77,87-92H,6-38H2,1-5H3,(H,65,81)(H,66,82)(H,67,83)(H,68,84)(H,69,85)(H,70,86)(H,71,78)(H,72,79)(H,73,80)/t43?,44?,45?,52-,53?,54?,55-,56-,57-,58?,59+,60+,61+,62+,63+,64?/m0/s1. The number of ether oxygens (including phenoxy) is 9. The monoisotopic (exact) mass is 1460 g/mol. The van der Waals surface area contributed by atoms with Gasteiger partial charge in [-0.1, -0.05) is 13.8 Å². The first-order valence-electron chi connectivity index (χ1n) is 34.9. The van der Waals surface area contributed by atoms with E-state index in [1.165, 1.54) is 20.8 Å². The molecule has 3 aliphatic rings. The Morgan fingerprint density at radius 1 is 0.356 bits per heavy atom. The van der Waals surface area contributed by atoms with Crippen molar-refractivity contribution in [2.45, 2.75) is 234 Å². The molecular formula is C64H116N10O27. The third-order valence-corrected chi connectivity index (χ3v) is 16.1. The topological polar surface area (TPSA) is 539 Å². The normalized spacial score (nSPS) is 25.6. The van der Waals surface area contributed by atoms with Crippen molar-refractivity contribution in [1.29, 1.82) is 0 Å². The Bertz CT molecular complexity index is 2180. The zero-order valence-electron chi connectivity index (χ0n) is 58.9. The smallest absolute Gasteiger partial charge is 0.222 e. The van der Waals surface area contributed by atoms with E-state index in [1.807, 2.05) is 13.8 Å². The highest BCUT2D eigenvalue weighted by molar-refractivity contribution is 5.78. The van der Waals surface area contributed by atoms with Gasteiger partial charge in [-0.15, -0.1) is 0 Å². The summed E-state index contributed by atoms with van der Waals surface area (Å²) in [5, 5.41) is 118. The third kappa shape index (κ3) is 36.2. The van der Waals surface area contributed by atoms with Gasteiger partial charge in [-0.25, -0.2) is 0 Å². The van der Waals surface area contributed by atoms with Gasteiger partial charge < -0.3 is 142 Å². The number of carbonyl (C=O) groups excluding carboxylic acids is 9. The van der Waals surface area contributed by atoms with Crippen LogP contribution in [0.3, 0.4) is 0 Å². The fourth-order valence-corrected chi connectivity index (χ4v) is 10.9. The van der Waals surface area contributed by atoms with Crippen LogP contribution in [0.2, 0.25) is 0 Å². The summed E-state index contributed by atoms with van der Waals surface area (Å²) in [6.45, 7) is 7.73. The fraction of sp³-hybridized carbons (Fsp3) is 0.859. The Morgan fingerprint density at radius 3 is 0.832 bits per heavy atom. The van der Waals surface area contributed by atoms with Crippen LogP contribution < -0.4 is 53.2 Å². The highest BCUT2D eigenvalue weighted by Crippen LogP contribution is 2.26. The molecule has 0 aliphatic carbocycles. The number of nitrogens with one attached hydrogen (secondary N) is 10. The molecule has 0 spiro atoms. The number of unbranched alkanes of at least 4 members (excludes halogenated alkanes) is 3. The van der Waals surface area contributed by atoms with Gasteiger partial charge in [0.1, 0.15) is 73.1 Å². The van der Waals surface area contributed by atoms with Crippen molar-refractivity contribution in [2.75, 3.05) is 119 Å². The molecule has 584 valence electrons. The highest BCUT2D eigenvalue weighted by Gasteiger charge is 2.48. The molecule has 19 N–H and O–H groups in total. The fourth-order valence-electron chi connectivity index (χ4n) is 10.9. The molecule has 0 aromatic heterocycles.